The summed E-state index contributed by atoms with van der Waals surface area (Å²) in [4.78, 5) is 2.66. The summed E-state index contributed by atoms with van der Waals surface area (Å²) in [6.45, 7) is 11.6. The van der Waals surface area contributed by atoms with Gasteiger partial charge in [-0.25, -0.2) is 0 Å². The third kappa shape index (κ3) is 3.46. The van der Waals surface area contributed by atoms with Gasteiger partial charge in [0, 0.05) is 25.2 Å². The van der Waals surface area contributed by atoms with Crippen LogP contribution in [0.4, 0.5) is 0 Å². The molecule has 0 amide bonds. The van der Waals surface area contributed by atoms with Crippen LogP contribution in [0.5, 0.6) is 0 Å². The molecule has 2 heterocycles. The predicted octanol–water partition coefficient (Wildman–Crippen LogP) is 2.26. The van der Waals surface area contributed by atoms with E-state index in [0.29, 0.717) is 18.2 Å². The molecule has 2 aliphatic rings. The second kappa shape index (κ2) is 6.88. The minimum atomic E-state index is 0.473. The minimum absolute atomic E-state index is 0.473. The third-order valence-electron chi connectivity index (χ3n) is 4.87. The minimum Gasteiger partial charge on any atom is -0.377 e. The van der Waals surface area contributed by atoms with Crippen LogP contribution in [-0.4, -0.2) is 49.3 Å². The molecule has 2 fully saturated rings. The topological polar surface area (TPSA) is 24.5 Å². The fourth-order valence-corrected chi connectivity index (χ4v) is 3.23. The molecule has 106 valence electrons. The fraction of sp³-hybridized carbons (Fsp3) is 1.00. The van der Waals surface area contributed by atoms with Gasteiger partial charge in [0.05, 0.1) is 6.10 Å². The Hall–Kier alpha value is -0.120. The van der Waals surface area contributed by atoms with Crippen molar-refractivity contribution in [2.24, 2.45) is 5.92 Å². The molecule has 0 aromatic rings. The first-order valence-corrected chi connectivity index (χ1v) is 7.81. The number of nitrogens with zero attached hydrogens (tertiary/aromatic N) is 1. The summed E-state index contributed by atoms with van der Waals surface area (Å²) in [6.07, 6.45) is 5.50. The SMILES string of the molecule is CCC(C)C1CN(C(C)C2CCCO2)CCCN1. The van der Waals surface area contributed by atoms with Crippen molar-refractivity contribution in [2.75, 3.05) is 26.2 Å². The number of rotatable bonds is 4. The van der Waals surface area contributed by atoms with E-state index in [9.17, 15) is 0 Å². The van der Waals surface area contributed by atoms with Crippen LogP contribution < -0.4 is 5.32 Å². The number of hydrogen-bond acceptors (Lipinski definition) is 3. The Balaban J connectivity index is 1.93. The Morgan fingerprint density at radius 3 is 2.83 bits per heavy atom. The van der Waals surface area contributed by atoms with Crippen LogP contribution in [0.2, 0.25) is 0 Å². The van der Waals surface area contributed by atoms with Gasteiger partial charge in [-0.1, -0.05) is 20.3 Å². The smallest absolute Gasteiger partial charge is 0.0728 e. The normalized spacial score (nSPS) is 34.2. The number of hydrogen-bond donors (Lipinski definition) is 1. The molecular formula is C15H30N2O. The largest absolute Gasteiger partial charge is 0.377 e. The van der Waals surface area contributed by atoms with Gasteiger partial charge in [0.15, 0.2) is 0 Å². The molecule has 0 aromatic heterocycles. The fourth-order valence-electron chi connectivity index (χ4n) is 3.23. The molecule has 2 saturated heterocycles. The van der Waals surface area contributed by atoms with Crippen molar-refractivity contribution in [3.05, 3.63) is 0 Å². The standard InChI is InChI=1S/C15H30N2O/c1-4-12(2)14-11-17(9-6-8-16-14)13(3)15-7-5-10-18-15/h12-16H,4-11H2,1-3H3. The molecule has 0 aliphatic carbocycles. The first-order valence-electron chi connectivity index (χ1n) is 7.81. The third-order valence-corrected chi connectivity index (χ3v) is 4.87. The summed E-state index contributed by atoms with van der Waals surface area (Å²) in [5.74, 6) is 0.766. The van der Waals surface area contributed by atoms with Crippen molar-refractivity contribution in [1.29, 1.82) is 0 Å². The molecule has 1 N–H and O–H groups in total. The maximum atomic E-state index is 5.87. The zero-order valence-corrected chi connectivity index (χ0v) is 12.3. The van der Waals surface area contributed by atoms with Gasteiger partial charge in [-0.3, -0.25) is 4.90 Å². The van der Waals surface area contributed by atoms with Gasteiger partial charge in [-0.05, 0) is 45.2 Å². The number of nitrogens with one attached hydrogen (secondary N) is 1. The van der Waals surface area contributed by atoms with Crippen LogP contribution >= 0.6 is 0 Å². The molecule has 0 bridgehead atoms. The van der Waals surface area contributed by atoms with Gasteiger partial charge in [0.25, 0.3) is 0 Å². The van der Waals surface area contributed by atoms with E-state index < -0.39 is 0 Å². The average Bonchev–Trinajstić information content (AvgIpc) is 2.81. The van der Waals surface area contributed by atoms with Crippen molar-refractivity contribution in [3.8, 4) is 0 Å². The summed E-state index contributed by atoms with van der Waals surface area (Å²) in [5.41, 5.74) is 0. The molecule has 18 heavy (non-hydrogen) atoms. The summed E-state index contributed by atoms with van der Waals surface area (Å²) in [5, 5.41) is 3.73. The van der Waals surface area contributed by atoms with Gasteiger partial charge in [0.2, 0.25) is 0 Å². The lowest BCUT2D eigenvalue weighted by Gasteiger charge is -2.34. The van der Waals surface area contributed by atoms with E-state index in [1.165, 1.54) is 45.3 Å². The predicted molar refractivity (Wildman–Crippen MR) is 75.9 cm³/mol. The summed E-state index contributed by atoms with van der Waals surface area (Å²) in [7, 11) is 0. The maximum Gasteiger partial charge on any atom is 0.0728 e. The Morgan fingerprint density at radius 1 is 1.33 bits per heavy atom. The van der Waals surface area contributed by atoms with Crippen molar-refractivity contribution in [2.45, 2.75) is 64.6 Å². The molecule has 0 spiro atoms. The Kier molecular flexibility index (Phi) is 5.46. The summed E-state index contributed by atoms with van der Waals surface area (Å²) < 4.78 is 5.87. The molecule has 3 nitrogen and oxygen atoms in total. The van der Waals surface area contributed by atoms with Crippen LogP contribution in [-0.2, 0) is 4.74 Å². The molecule has 2 rings (SSSR count). The average molecular weight is 254 g/mol. The van der Waals surface area contributed by atoms with Gasteiger partial charge >= 0.3 is 0 Å². The second-order valence-electron chi connectivity index (χ2n) is 6.09. The lowest BCUT2D eigenvalue weighted by Crippen LogP contribution is -2.48. The highest BCUT2D eigenvalue weighted by atomic mass is 16.5. The van der Waals surface area contributed by atoms with Crippen LogP contribution in [0.1, 0.15) is 46.5 Å². The van der Waals surface area contributed by atoms with Crippen molar-refractivity contribution in [3.63, 3.8) is 0 Å². The summed E-state index contributed by atoms with van der Waals surface area (Å²) in [6, 6.07) is 1.24. The van der Waals surface area contributed by atoms with Crippen molar-refractivity contribution in [1.82, 2.24) is 10.2 Å². The molecule has 0 aromatic carbocycles. The Labute approximate surface area is 112 Å². The highest BCUT2D eigenvalue weighted by Gasteiger charge is 2.30. The Morgan fingerprint density at radius 2 is 2.17 bits per heavy atom. The molecular weight excluding hydrogens is 224 g/mol. The first kappa shape index (κ1) is 14.3. The first-order chi connectivity index (χ1) is 8.72. The highest BCUT2D eigenvalue weighted by Crippen LogP contribution is 2.22. The van der Waals surface area contributed by atoms with Crippen molar-refractivity contribution < 1.29 is 4.74 Å². The zero-order chi connectivity index (χ0) is 13.0. The van der Waals surface area contributed by atoms with E-state index in [4.69, 9.17) is 4.74 Å². The summed E-state index contributed by atoms with van der Waals surface area (Å²) >= 11 is 0. The van der Waals surface area contributed by atoms with Crippen LogP contribution in [0, 0.1) is 5.92 Å². The Bertz CT molecular complexity index is 241. The molecule has 4 atom stereocenters. The lowest BCUT2D eigenvalue weighted by molar-refractivity contribution is 0.0287. The van der Waals surface area contributed by atoms with Crippen LogP contribution in [0.25, 0.3) is 0 Å². The molecule has 3 heteroatoms. The van der Waals surface area contributed by atoms with E-state index in [-0.39, 0.29) is 0 Å². The van der Waals surface area contributed by atoms with Gasteiger partial charge in [-0.15, -0.1) is 0 Å². The van der Waals surface area contributed by atoms with E-state index in [2.05, 4.69) is 31.0 Å². The molecule has 0 radical (unpaired) electrons. The van der Waals surface area contributed by atoms with Crippen LogP contribution in [0.15, 0.2) is 0 Å². The van der Waals surface area contributed by atoms with E-state index in [1.54, 1.807) is 0 Å². The van der Waals surface area contributed by atoms with Gasteiger partial charge < -0.3 is 10.1 Å². The van der Waals surface area contributed by atoms with E-state index >= 15 is 0 Å². The monoisotopic (exact) mass is 254 g/mol. The maximum absolute atomic E-state index is 5.87. The molecule has 0 saturated carbocycles. The molecule has 2 aliphatic heterocycles. The lowest BCUT2D eigenvalue weighted by atomic mass is 9.98. The zero-order valence-electron chi connectivity index (χ0n) is 12.3. The number of ether oxygens (including phenoxy) is 1. The second-order valence-corrected chi connectivity index (χ2v) is 6.09. The van der Waals surface area contributed by atoms with Gasteiger partial charge in [-0.2, -0.15) is 0 Å². The van der Waals surface area contributed by atoms with Gasteiger partial charge in [0.1, 0.15) is 0 Å². The van der Waals surface area contributed by atoms with Crippen LogP contribution in [0.3, 0.4) is 0 Å². The highest BCUT2D eigenvalue weighted by molar-refractivity contribution is 4.86. The molecule has 4 unspecified atom stereocenters. The van der Waals surface area contributed by atoms with E-state index in [1.807, 2.05) is 0 Å². The van der Waals surface area contributed by atoms with E-state index in [0.717, 1.165) is 12.5 Å². The quantitative estimate of drug-likeness (QED) is 0.833. The van der Waals surface area contributed by atoms with Crippen molar-refractivity contribution >= 4 is 0 Å².